The topological polar surface area (TPSA) is 72.2 Å². The number of primary sulfonamides is 1. The molecular weight excluding hydrogens is 316 g/mol. The molecule has 2 aromatic rings. The van der Waals surface area contributed by atoms with Gasteiger partial charge in [-0.2, -0.15) is 0 Å². The molecule has 0 amide bonds. The SMILES string of the molecule is Cc1ccc(NC(C)c2csc(Cl)c2)cc1S(N)(=O)=O. The second-order valence-corrected chi connectivity index (χ2v) is 7.65. The molecule has 1 aromatic carbocycles. The normalized spacial score (nSPS) is 13.2. The van der Waals surface area contributed by atoms with Gasteiger partial charge in [-0.05, 0) is 48.6 Å². The van der Waals surface area contributed by atoms with Gasteiger partial charge in [0, 0.05) is 11.7 Å². The highest BCUT2D eigenvalue weighted by Crippen LogP contribution is 2.28. The molecule has 0 aliphatic rings. The summed E-state index contributed by atoms with van der Waals surface area (Å²) < 4.78 is 23.7. The quantitative estimate of drug-likeness (QED) is 0.900. The van der Waals surface area contributed by atoms with Crippen LogP contribution in [0.2, 0.25) is 4.34 Å². The van der Waals surface area contributed by atoms with Gasteiger partial charge in [-0.15, -0.1) is 11.3 Å². The van der Waals surface area contributed by atoms with Gasteiger partial charge in [-0.3, -0.25) is 0 Å². The molecule has 1 heterocycles. The van der Waals surface area contributed by atoms with Crippen molar-refractivity contribution in [3.05, 3.63) is 45.1 Å². The van der Waals surface area contributed by atoms with Crippen LogP contribution >= 0.6 is 22.9 Å². The van der Waals surface area contributed by atoms with Crippen molar-refractivity contribution in [2.75, 3.05) is 5.32 Å². The zero-order chi connectivity index (χ0) is 14.9. The van der Waals surface area contributed by atoms with Crippen molar-refractivity contribution in [1.29, 1.82) is 0 Å². The maximum Gasteiger partial charge on any atom is 0.238 e. The summed E-state index contributed by atoms with van der Waals surface area (Å²) in [5.74, 6) is 0. The Morgan fingerprint density at radius 3 is 2.60 bits per heavy atom. The first-order valence-electron chi connectivity index (χ1n) is 5.91. The van der Waals surface area contributed by atoms with Crippen LogP contribution in [0.1, 0.15) is 24.1 Å². The summed E-state index contributed by atoms with van der Waals surface area (Å²) in [5, 5.41) is 10.4. The van der Waals surface area contributed by atoms with Gasteiger partial charge in [-0.25, -0.2) is 13.6 Å². The Morgan fingerprint density at radius 2 is 2.05 bits per heavy atom. The molecule has 0 radical (unpaired) electrons. The van der Waals surface area contributed by atoms with Crippen molar-refractivity contribution in [2.24, 2.45) is 5.14 Å². The number of nitrogens with two attached hydrogens (primary N) is 1. The van der Waals surface area contributed by atoms with Gasteiger partial charge in [0.2, 0.25) is 10.0 Å². The molecule has 0 saturated heterocycles. The van der Waals surface area contributed by atoms with Crippen LogP contribution < -0.4 is 10.5 Å². The monoisotopic (exact) mass is 330 g/mol. The lowest BCUT2D eigenvalue weighted by Crippen LogP contribution is -2.14. The Labute approximate surface area is 127 Å². The molecule has 2 rings (SSSR count). The number of aryl methyl sites for hydroxylation is 1. The number of hydrogen-bond acceptors (Lipinski definition) is 4. The van der Waals surface area contributed by atoms with E-state index >= 15 is 0 Å². The van der Waals surface area contributed by atoms with E-state index in [1.165, 1.54) is 11.3 Å². The number of sulfonamides is 1. The van der Waals surface area contributed by atoms with E-state index in [0.29, 0.717) is 11.3 Å². The van der Waals surface area contributed by atoms with Gasteiger partial charge in [0.05, 0.1) is 9.23 Å². The molecule has 1 atom stereocenters. The largest absolute Gasteiger partial charge is 0.378 e. The lowest BCUT2D eigenvalue weighted by molar-refractivity contribution is 0.597. The van der Waals surface area contributed by atoms with Gasteiger partial charge < -0.3 is 5.32 Å². The number of nitrogens with one attached hydrogen (secondary N) is 1. The van der Waals surface area contributed by atoms with E-state index in [1.807, 2.05) is 24.4 Å². The van der Waals surface area contributed by atoms with E-state index in [-0.39, 0.29) is 10.9 Å². The number of benzene rings is 1. The Balaban J connectivity index is 2.26. The Morgan fingerprint density at radius 1 is 1.35 bits per heavy atom. The molecule has 1 unspecified atom stereocenters. The molecule has 7 heteroatoms. The highest BCUT2D eigenvalue weighted by Gasteiger charge is 2.13. The standard InChI is InChI=1S/C13H15ClN2O2S2/c1-8-3-4-11(6-12(8)20(15,17)18)16-9(2)10-5-13(14)19-7-10/h3-7,9,16H,1-2H3,(H2,15,17,18). The lowest BCUT2D eigenvalue weighted by atomic mass is 10.1. The zero-order valence-corrected chi connectivity index (χ0v) is 13.4. The van der Waals surface area contributed by atoms with E-state index in [1.54, 1.807) is 19.1 Å². The minimum atomic E-state index is -3.71. The molecule has 0 bridgehead atoms. The summed E-state index contributed by atoms with van der Waals surface area (Å²) in [7, 11) is -3.71. The van der Waals surface area contributed by atoms with E-state index in [2.05, 4.69) is 5.32 Å². The van der Waals surface area contributed by atoms with Gasteiger partial charge in [0.1, 0.15) is 0 Å². The van der Waals surface area contributed by atoms with Gasteiger partial charge >= 0.3 is 0 Å². The Kier molecular flexibility index (Phi) is 4.39. The van der Waals surface area contributed by atoms with Gasteiger partial charge in [0.25, 0.3) is 0 Å². The van der Waals surface area contributed by atoms with E-state index in [4.69, 9.17) is 16.7 Å². The minimum Gasteiger partial charge on any atom is -0.378 e. The van der Waals surface area contributed by atoms with Crippen LogP contribution in [-0.4, -0.2) is 8.42 Å². The molecule has 0 aliphatic heterocycles. The summed E-state index contributed by atoms with van der Waals surface area (Å²) >= 11 is 7.37. The van der Waals surface area contributed by atoms with E-state index < -0.39 is 10.0 Å². The van der Waals surface area contributed by atoms with E-state index in [0.717, 1.165) is 9.90 Å². The third-order valence-corrected chi connectivity index (χ3v) is 5.13. The highest BCUT2D eigenvalue weighted by atomic mass is 35.5. The first-order chi connectivity index (χ1) is 9.27. The summed E-state index contributed by atoms with van der Waals surface area (Å²) in [6.45, 7) is 3.69. The summed E-state index contributed by atoms with van der Waals surface area (Å²) in [6, 6.07) is 7.02. The minimum absolute atomic E-state index is 0.0229. The molecule has 0 spiro atoms. The summed E-state index contributed by atoms with van der Waals surface area (Å²) in [6.07, 6.45) is 0. The summed E-state index contributed by atoms with van der Waals surface area (Å²) in [4.78, 5) is 0.137. The fraction of sp³-hybridized carbons (Fsp3) is 0.231. The van der Waals surface area contributed by atoms with Crippen LogP contribution in [0, 0.1) is 6.92 Å². The maximum absolute atomic E-state index is 11.5. The first kappa shape index (κ1) is 15.3. The number of halogens is 1. The first-order valence-corrected chi connectivity index (χ1v) is 8.71. The smallest absolute Gasteiger partial charge is 0.238 e. The van der Waals surface area contributed by atoms with Crippen molar-refractivity contribution in [1.82, 2.24) is 0 Å². The molecular formula is C13H15ClN2O2S2. The Hall–Kier alpha value is -1.08. The molecule has 0 aliphatic carbocycles. The van der Waals surface area contributed by atoms with Gasteiger partial charge in [0.15, 0.2) is 0 Å². The van der Waals surface area contributed by atoms with Crippen LogP contribution in [-0.2, 0) is 10.0 Å². The average molecular weight is 331 g/mol. The third kappa shape index (κ3) is 3.52. The second kappa shape index (κ2) is 5.73. The molecule has 4 nitrogen and oxygen atoms in total. The molecule has 108 valence electrons. The van der Waals surface area contributed by atoms with Crippen LogP contribution in [0.4, 0.5) is 5.69 Å². The number of hydrogen-bond donors (Lipinski definition) is 2. The van der Waals surface area contributed by atoms with Crippen molar-refractivity contribution in [2.45, 2.75) is 24.8 Å². The van der Waals surface area contributed by atoms with Crippen molar-refractivity contribution in [3.8, 4) is 0 Å². The highest BCUT2D eigenvalue weighted by molar-refractivity contribution is 7.89. The molecule has 0 saturated carbocycles. The average Bonchev–Trinajstić information content (AvgIpc) is 2.77. The molecule has 1 aromatic heterocycles. The third-order valence-electron chi connectivity index (χ3n) is 2.97. The predicted octanol–water partition coefficient (Wildman–Crippen LogP) is 3.53. The van der Waals surface area contributed by atoms with E-state index in [9.17, 15) is 8.42 Å². The maximum atomic E-state index is 11.5. The fourth-order valence-corrected chi connectivity index (χ4v) is 3.67. The second-order valence-electron chi connectivity index (χ2n) is 4.58. The van der Waals surface area contributed by atoms with Crippen LogP contribution in [0.15, 0.2) is 34.5 Å². The number of thiophene rings is 1. The van der Waals surface area contributed by atoms with Crippen molar-refractivity contribution < 1.29 is 8.42 Å². The zero-order valence-electron chi connectivity index (χ0n) is 11.1. The van der Waals surface area contributed by atoms with Crippen LogP contribution in [0.25, 0.3) is 0 Å². The van der Waals surface area contributed by atoms with Crippen molar-refractivity contribution >= 4 is 38.6 Å². The number of anilines is 1. The van der Waals surface area contributed by atoms with Gasteiger partial charge in [-0.1, -0.05) is 17.7 Å². The van der Waals surface area contributed by atoms with Crippen LogP contribution in [0.3, 0.4) is 0 Å². The number of rotatable bonds is 4. The summed E-state index contributed by atoms with van der Waals surface area (Å²) in [5.41, 5.74) is 2.39. The van der Waals surface area contributed by atoms with Crippen LogP contribution in [0.5, 0.6) is 0 Å². The van der Waals surface area contributed by atoms with Crippen molar-refractivity contribution in [3.63, 3.8) is 0 Å². The molecule has 0 fully saturated rings. The fourth-order valence-electron chi connectivity index (χ4n) is 1.88. The Bertz CT molecular complexity index is 726. The molecule has 20 heavy (non-hydrogen) atoms. The predicted molar refractivity (Wildman–Crippen MR) is 83.9 cm³/mol. The molecule has 3 N–H and O–H groups in total. The lowest BCUT2D eigenvalue weighted by Gasteiger charge is -2.15.